The van der Waals surface area contributed by atoms with Crippen LogP contribution in [0.2, 0.25) is 5.02 Å². The molecule has 0 amide bonds. The van der Waals surface area contributed by atoms with Gasteiger partial charge in [-0.15, -0.1) is 0 Å². The molecule has 3 heterocycles. The fourth-order valence-electron chi connectivity index (χ4n) is 2.77. The highest BCUT2D eigenvalue weighted by Gasteiger charge is 2.30. The van der Waals surface area contributed by atoms with Crippen molar-refractivity contribution in [1.82, 2.24) is 30.4 Å². The number of hydrogen-bond donors (Lipinski definition) is 3. The van der Waals surface area contributed by atoms with Crippen LogP contribution in [0.1, 0.15) is 32.2 Å². The zero-order valence-corrected chi connectivity index (χ0v) is 16.0. The molecule has 144 valence electrons. The third kappa shape index (κ3) is 3.23. The van der Waals surface area contributed by atoms with Gasteiger partial charge in [-0.2, -0.15) is 24.2 Å². The smallest absolute Gasteiger partial charge is 0.303 e. The van der Waals surface area contributed by atoms with Crippen LogP contribution in [0.4, 0.5) is 8.78 Å². The lowest BCUT2D eigenvalue weighted by Gasteiger charge is -2.03. The Morgan fingerprint density at radius 3 is 2.57 bits per heavy atom. The number of aromatic amines is 3. The highest BCUT2D eigenvalue weighted by Crippen LogP contribution is 2.39. The fraction of sp³-hybridized carbons (Fsp3) is 0.222. The van der Waals surface area contributed by atoms with Gasteiger partial charge in [-0.1, -0.05) is 31.5 Å². The molecule has 3 N–H and O–H groups in total. The van der Waals surface area contributed by atoms with Gasteiger partial charge in [0.25, 0.3) is 0 Å². The Morgan fingerprint density at radius 2 is 2.00 bits per heavy atom. The molecule has 0 aliphatic carbocycles. The second kappa shape index (κ2) is 7.40. The SMILES string of the molecule is CC.CC(F)(F)c1nc(-c2[nH]c3c(C#N)c(Cl)ccc3c2-c2cn[nH]c2)n[nH]1. The highest BCUT2D eigenvalue weighted by atomic mass is 35.5. The number of benzene rings is 1. The minimum absolute atomic E-state index is 0.0499. The highest BCUT2D eigenvalue weighted by molar-refractivity contribution is 6.33. The van der Waals surface area contributed by atoms with Gasteiger partial charge in [0, 0.05) is 29.6 Å². The Hall–Kier alpha value is -3.25. The summed E-state index contributed by atoms with van der Waals surface area (Å²) in [6.07, 6.45) is 3.23. The van der Waals surface area contributed by atoms with Crippen molar-refractivity contribution >= 4 is 22.5 Å². The lowest BCUT2D eigenvalue weighted by Crippen LogP contribution is -2.09. The van der Waals surface area contributed by atoms with Gasteiger partial charge in [0.05, 0.1) is 28.0 Å². The van der Waals surface area contributed by atoms with E-state index < -0.39 is 11.7 Å². The van der Waals surface area contributed by atoms with E-state index in [-0.39, 0.29) is 16.4 Å². The van der Waals surface area contributed by atoms with E-state index in [0.717, 1.165) is 6.92 Å². The quantitative estimate of drug-likeness (QED) is 0.446. The molecule has 0 aliphatic rings. The molecular weight excluding hydrogens is 388 g/mol. The van der Waals surface area contributed by atoms with E-state index in [4.69, 9.17) is 11.6 Å². The van der Waals surface area contributed by atoms with E-state index in [9.17, 15) is 14.0 Å². The van der Waals surface area contributed by atoms with Crippen molar-refractivity contribution in [2.45, 2.75) is 26.7 Å². The summed E-state index contributed by atoms with van der Waals surface area (Å²) in [6.45, 7) is 4.73. The zero-order valence-electron chi connectivity index (χ0n) is 15.2. The lowest BCUT2D eigenvalue weighted by molar-refractivity contribution is 0.00813. The third-order valence-corrected chi connectivity index (χ3v) is 4.26. The topological polar surface area (TPSA) is 110 Å². The summed E-state index contributed by atoms with van der Waals surface area (Å²) in [6, 6.07) is 5.39. The summed E-state index contributed by atoms with van der Waals surface area (Å²) >= 11 is 6.10. The van der Waals surface area contributed by atoms with E-state index in [1.165, 1.54) is 0 Å². The summed E-state index contributed by atoms with van der Waals surface area (Å²) in [5.41, 5.74) is 2.42. The van der Waals surface area contributed by atoms with Gasteiger partial charge in [-0.25, -0.2) is 4.98 Å². The number of nitriles is 1. The van der Waals surface area contributed by atoms with Crippen LogP contribution in [0, 0.1) is 11.3 Å². The Bertz CT molecular complexity index is 1150. The predicted octanol–water partition coefficient (Wildman–Crippen LogP) is 5.01. The normalized spacial score (nSPS) is 11.2. The molecule has 28 heavy (non-hydrogen) atoms. The molecule has 0 saturated carbocycles. The van der Waals surface area contributed by atoms with Gasteiger partial charge < -0.3 is 4.98 Å². The van der Waals surface area contributed by atoms with E-state index >= 15 is 0 Å². The van der Waals surface area contributed by atoms with Gasteiger partial charge in [-0.3, -0.25) is 10.2 Å². The molecule has 0 fully saturated rings. The first kappa shape index (κ1) is 19.5. The monoisotopic (exact) mass is 403 g/mol. The summed E-state index contributed by atoms with van der Waals surface area (Å²) in [5, 5.41) is 23.2. The fourth-order valence-corrected chi connectivity index (χ4v) is 2.97. The third-order valence-electron chi connectivity index (χ3n) is 3.95. The zero-order chi connectivity index (χ0) is 20.5. The molecule has 1 aromatic carbocycles. The van der Waals surface area contributed by atoms with E-state index in [1.54, 1.807) is 24.5 Å². The summed E-state index contributed by atoms with van der Waals surface area (Å²) in [4.78, 5) is 6.96. The van der Waals surface area contributed by atoms with Crippen LogP contribution in [0.15, 0.2) is 24.5 Å². The van der Waals surface area contributed by atoms with Gasteiger partial charge in [0.15, 0.2) is 11.6 Å². The molecule has 7 nitrogen and oxygen atoms in total. The minimum atomic E-state index is -3.16. The summed E-state index contributed by atoms with van der Waals surface area (Å²) in [7, 11) is 0. The van der Waals surface area contributed by atoms with Crippen molar-refractivity contribution in [1.29, 1.82) is 5.26 Å². The molecule has 0 atom stereocenters. The van der Waals surface area contributed by atoms with Crippen molar-refractivity contribution in [3.05, 3.63) is 40.9 Å². The number of H-pyrrole nitrogens is 3. The first-order valence-electron chi connectivity index (χ1n) is 8.44. The number of nitrogens with zero attached hydrogens (tertiary/aromatic N) is 4. The van der Waals surface area contributed by atoms with E-state index in [2.05, 4.69) is 30.4 Å². The number of fused-ring (bicyclic) bond motifs is 1. The average molecular weight is 404 g/mol. The lowest BCUT2D eigenvalue weighted by atomic mass is 10.0. The molecule has 3 aromatic heterocycles. The standard InChI is InChI=1S/C16H10ClF2N7.C2H6/c1-16(18,19)15-24-14(25-26-15)13-11(7-5-21-22-6-7)8-2-3-10(17)9(4-20)12(8)23-13;1-2/h2-3,5-6,23H,1H3,(H,21,22)(H,24,25,26);1-2H3. The molecule has 4 aromatic rings. The Labute approximate surface area is 163 Å². The maximum Gasteiger partial charge on any atom is 0.303 e. The molecule has 0 bridgehead atoms. The Kier molecular flexibility index (Phi) is 5.16. The maximum absolute atomic E-state index is 13.5. The molecule has 0 aliphatic heterocycles. The molecular formula is C18H16ClF2N7. The van der Waals surface area contributed by atoms with Gasteiger partial charge in [0.1, 0.15) is 6.07 Å². The number of aromatic nitrogens is 6. The van der Waals surface area contributed by atoms with Crippen molar-refractivity contribution in [3.8, 4) is 28.7 Å². The second-order valence-electron chi connectivity index (χ2n) is 5.71. The van der Waals surface area contributed by atoms with Crippen LogP contribution in [-0.2, 0) is 5.92 Å². The van der Waals surface area contributed by atoms with Crippen LogP contribution in [0.25, 0.3) is 33.5 Å². The van der Waals surface area contributed by atoms with Crippen LogP contribution >= 0.6 is 11.6 Å². The molecule has 0 spiro atoms. The number of rotatable bonds is 3. The summed E-state index contributed by atoms with van der Waals surface area (Å²) < 4.78 is 27.0. The van der Waals surface area contributed by atoms with E-state index in [1.807, 2.05) is 19.9 Å². The molecule has 0 radical (unpaired) electrons. The van der Waals surface area contributed by atoms with E-state index in [0.29, 0.717) is 27.7 Å². The van der Waals surface area contributed by atoms with Gasteiger partial charge in [-0.05, 0) is 6.07 Å². The first-order chi connectivity index (χ1) is 13.4. The molecule has 4 rings (SSSR count). The van der Waals surface area contributed by atoms with Crippen molar-refractivity contribution < 1.29 is 8.78 Å². The van der Waals surface area contributed by atoms with Crippen LogP contribution in [0.5, 0.6) is 0 Å². The number of nitrogens with one attached hydrogen (secondary N) is 3. The molecule has 10 heteroatoms. The number of alkyl halides is 2. The maximum atomic E-state index is 13.5. The van der Waals surface area contributed by atoms with Gasteiger partial charge in [0.2, 0.25) is 0 Å². The van der Waals surface area contributed by atoms with Gasteiger partial charge >= 0.3 is 5.92 Å². The Morgan fingerprint density at radius 1 is 1.25 bits per heavy atom. The van der Waals surface area contributed by atoms with Crippen LogP contribution in [0.3, 0.4) is 0 Å². The van der Waals surface area contributed by atoms with Crippen LogP contribution < -0.4 is 0 Å². The van der Waals surface area contributed by atoms with Crippen molar-refractivity contribution in [2.75, 3.05) is 0 Å². The minimum Gasteiger partial charge on any atom is -0.350 e. The Balaban J connectivity index is 0.00000109. The molecule has 0 saturated heterocycles. The largest absolute Gasteiger partial charge is 0.350 e. The number of halogens is 3. The first-order valence-corrected chi connectivity index (χ1v) is 8.82. The van der Waals surface area contributed by atoms with Crippen molar-refractivity contribution in [3.63, 3.8) is 0 Å². The predicted molar refractivity (Wildman–Crippen MR) is 102 cm³/mol. The number of hydrogen-bond acceptors (Lipinski definition) is 4. The average Bonchev–Trinajstić information content (AvgIpc) is 3.40. The second-order valence-corrected chi connectivity index (χ2v) is 6.12. The summed E-state index contributed by atoms with van der Waals surface area (Å²) in [5.74, 6) is -3.66. The van der Waals surface area contributed by atoms with Crippen LogP contribution in [-0.4, -0.2) is 30.4 Å². The van der Waals surface area contributed by atoms with Crippen molar-refractivity contribution in [2.24, 2.45) is 0 Å². The molecule has 0 unspecified atom stereocenters.